The lowest BCUT2D eigenvalue weighted by Crippen LogP contribution is -2.38. The number of carbonyl (C=O) groups is 1. The minimum atomic E-state index is -0.676. The van der Waals surface area contributed by atoms with Gasteiger partial charge >= 0.3 is 5.97 Å². The molecular formula is C18H35NO2. The van der Waals surface area contributed by atoms with Crippen molar-refractivity contribution in [1.82, 2.24) is 4.90 Å². The minimum absolute atomic E-state index is 0.292. The standard InChI is InChI=1S/C18H35NO2/c1-14(2)19(12-6-7-17(20)21)13-15-8-10-16(11-9-15)18(3,4)5/h14-16H,6-13H2,1-5H3,(H,20,21). The van der Waals surface area contributed by atoms with Gasteiger partial charge in [0.15, 0.2) is 0 Å². The van der Waals surface area contributed by atoms with E-state index in [0.29, 0.717) is 17.9 Å². The van der Waals surface area contributed by atoms with Crippen LogP contribution in [-0.2, 0) is 4.79 Å². The molecule has 21 heavy (non-hydrogen) atoms. The van der Waals surface area contributed by atoms with E-state index in [1.807, 2.05) is 0 Å². The highest BCUT2D eigenvalue weighted by atomic mass is 16.4. The highest BCUT2D eigenvalue weighted by molar-refractivity contribution is 5.66. The van der Waals surface area contributed by atoms with Crippen LogP contribution < -0.4 is 0 Å². The molecule has 124 valence electrons. The van der Waals surface area contributed by atoms with Crippen LogP contribution in [0.4, 0.5) is 0 Å². The van der Waals surface area contributed by atoms with Gasteiger partial charge in [0.2, 0.25) is 0 Å². The zero-order valence-electron chi connectivity index (χ0n) is 14.7. The molecule has 1 aliphatic carbocycles. The average Bonchev–Trinajstić information content (AvgIpc) is 2.36. The van der Waals surface area contributed by atoms with E-state index in [2.05, 4.69) is 39.5 Å². The van der Waals surface area contributed by atoms with Crippen LogP contribution in [0.25, 0.3) is 0 Å². The molecule has 1 fully saturated rings. The van der Waals surface area contributed by atoms with E-state index in [1.54, 1.807) is 0 Å². The minimum Gasteiger partial charge on any atom is -0.481 e. The Morgan fingerprint density at radius 3 is 2.19 bits per heavy atom. The highest BCUT2D eigenvalue weighted by Crippen LogP contribution is 2.40. The van der Waals surface area contributed by atoms with Crippen LogP contribution in [0.3, 0.4) is 0 Å². The predicted molar refractivity (Wildman–Crippen MR) is 88.5 cm³/mol. The lowest BCUT2D eigenvalue weighted by molar-refractivity contribution is -0.137. The summed E-state index contributed by atoms with van der Waals surface area (Å²) in [6.45, 7) is 13.6. The molecule has 0 aromatic rings. The average molecular weight is 297 g/mol. The third kappa shape index (κ3) is 6.82. The second kappa shape index (κ2) is 8.17. The molecule has 0 saturated heterocycles. The number of rotatable bonds is 7. The summed E-state index contributed by atoms with van der Waals surface area (Å²) in [4.78, 5) is 13.1. The SMILES string of the molecule is CC(C)N(CCCC(=O)O)CC1CCC(C(C)(C)C)CC1. The Hall–Kier alpha value is -0.570. The van der Waals surface area contributed by atoms with Gasteiger partial charge in [-0.1, -0.05) is 20.8 Å². The molecule has 1 saturated carbocycles. The largest absolute Gasteiger partial charge is 0.481 e. The van der Waals surface area contributed by atoms with E-state index >= 15 is 0 Å². The molecule has 0 aromatic carbocycles. The maximum absolute atomic E-state index is 10.7. The molecule has 3 heteroatoms. The lowest BCUT2D eigenvalue weighted by Gasteiger charge is -2.39. The van der Waals surface area contributed by atoms with Gasteiger partial charge in [0.05, 0.1) is 0 Å². The summed E-state index contributed by atoms with van der Waals surface area (Å²) >= 11 is 0. The Kier molecular flexibility index (Phi) is 7.19. The summed E-state index contributed by atoms with van der Waals surface area (Å²) in [6.07, 6.45) is 6.45. The van der Waals surface area contributed by atoms with Crippen LogP contribution in [0, 0.1) is 17.3 Å². The van der Waals surface area contributed by atoms with Gasteiger partial charge in [0.25, 0.3) is 0 Å². The van der Waals surface area contributed by atoms with Gasteiger partial charge in [-0.25, -0.2) is 0 Å². The molecular weight excluding hydrogens is 262 g/mol. The van der Waals surface area contributed by atoms with Gasteiger partial charge < -0.3 is 10.0 Å². The van der Waals surface area contributed by atoms with Crippen molar-refractivity contribution in [1.29, 1.82) is 0 Å². The molecule has 0 aromatic heterocycles. The number of nitrogens with zero attached hydrogens (tertiary/aromatic N) is 1. The van der Waals surface area contributed by atoms with Gasteiger partial charge in [-0.15, -0.1) is 0 Å². The molecule has 0 atom stereocenters. The number of hydrogen-bond donors (Lipinski definition) is 1. The Bertz CT molecular complexity index is 312. The van der Waals surface area contributed by atoms with E-state index in [0.717, 1.165) is 31.3 Å². The van der Waals surface area contributed by atoms with E-state index in [-0.39, 0.29) is 0 Å². The number of aliphatic carboxylic acids is 1. The fraction of sp³-hybridized carbons (Fsp3) is 0.944. The fourth-order valence-electron chi connectivity index (χ4n) is 3.54. The van der Waals surface area contributed by atoms with Gasteiger partial charge in [0, 0.05) is 19.0 Å². The Labute approximate surface area is 131 Å². The number of carboxylic acids is 1. The van der Waals surface area contributed by atoms with Gasteiger partial charge in [0.1, 0.15) is 0 Å². The maximum atomic E-state index is 10.7. The Morgan fingerprint density at radius 2 is 1.76 bits per heavy atom. The summed E-state index contributed by atoms with van der Waals surface area (Å²) in [5.41, 5.74) is 0.449. The predicted octanol–water partition coefficient (Wildman–Crippen LogP) is 4.41. The van der Waals surface area contributed by atoms with Crippen molar-refractivity contribution in [3.05, 3.63) is 0 Å². The third-order valence-corrected chi connectivity index (χ3v) is 5.13. The van der Waals surface area contributed by atoms with Crippen molar-refractivity contribution in [3.8, 4) is 0 Å². The van der Waals surface area contributed by atoms with Crippen molar-refractivity contribution >= 4 is 5.97 Å². The molecule has 1 N–H and O–H groups in total. The first kappa shape index (κ1) is 18.5. The van der Waals surface area contributed by atoms with E-state index in [1.165, 1.54) is 25.7 Å². The first-order valence-electron chi connectivity index (χ1n) is 8.66. The van der Waals surface area contributed by atoms with Crippen molar-refractivity contribution in [2.75, 3.05) is 13.1 Å². The van der Waals surface area contributed by atoms with Crippen LogP contribution in [-0.4, -0.2) is 35.1 Å². The van der Waals surface area contributed by atoms with Crippen LogP contribution in [0.2, 0.25) is 0 Å². The second-order valence-corrected chi connectivity index (χ2v) is 8.17. The van der Waals surface area contributed by atoms with Crippen LogP contribution in [0.5, 0.6) is 0 Å². The molecule has 0 bridgehead atoms. The van der Waals surface area contributed by atoms with Crippen LogP contribution in [0.1, 0.15) is 73.1 Å². The molecule has 0 heterocycles. The van der Waals surface area contributed by atoms with E-state index in [4.69, 9.17) is 5.11 Å². The van der Waals surface area contributed by atoms with Crippen molar-refractivity contribution < 1.29 is 9.90 Å². The zero-order valence-corrected chi connectivity index (χ0v) is 14.7. The monoisotopic (exact) mass is 297 g/mol. The normalized spacial score (nSPS) is 23.8. The number of carboxylic acid groups (broad SMARTS) is 1. The van der Waals surface area contributed by atoms with Gasteiger partial charge in [-0.2, -0.15) is 0 Å². The zero-order chi connectivity index (χ0) is 16.0. The van der Waals surface area contributed by atoms with E-state index < -0.39 is 5.97 Å². The summed E-state index contributed by atoms with van der Waals surface area (Å²) in [5.74, 6) is 0.994. The lowest BCUT2D eigenvalue weighted by atomic mass is 9.70. The first-order chi connectivity index (χ1) is 9.70. The third-order valence-electron chi connectivity index (χ3n) is 5.13. The fourth-order valence-corrected chi connectivity index (χ4v) is 3.54. The van der Waals surface area contributed by atoms with Crippen molar-refractivity contribution in [3.63, 3.8) is 0 Å². The summed E-state index contributed by atoms with van der Waals surface area (Å²) in [6, 6.07) is 0.513. The van der Waals surface area contributed by atoms with Crippen LogP contribution in [0.15, 0.2) is 0 Å². The first-order valence-corrected chi connectivity index (χ1v) is 8.66. The molecule has 0 spiro atoms. The van der Waals surface area contributed by atoms with Gasteiger partial charge in [-0.3, -0.25) is 4.79 Å². The smallest absolute Gasteiger partial charge is 0.303 e. The Morgan fingerprint density at radius 1 is 1.19 bits per heavy atom. The summed E-state index contributed by atoms with van der Waals surface area (Å²) < 4.78 is 0. The summed E-state index contributed by atoms with van der Waals surface area (Å²) in [5, 5.41) is 8.77. The molecule has 0 radical (unpaired) electrons. The molecule has 3 nitrogen and oxygen atoms in total. The quantitative estimate of drug-likeness (QED) is 0.756. The summed E-state index contributed by atoms with van der Waals surface area (Å²) in [7, 11) is 0. The van der Waals surface area contributed by atoms with Crippen LogP contribution >= 0.6 is 0 Å². The second-order valence-electron chi connectivity index (χ2n) is 8.17. The molecule has 1 rings (SSSR count). The maximum Gasteiger partial charge on any atom is 0.303 e. The van der Waals surface area contributed by atoms with Crippen molar-refractivity contribution in [2.45, 2.75) is 79.2 Å². The molecule has 0 aliphatic heterocycles. The highest BCUT2D eigenvalue weighted by Gasteiger charge is 2.30. The molecule has 0 amide bonds. The topological polar surface area (TPSA) is 40.5 Å². The molecule has 0 unspecified atom stereocenters. The Balaban J connectivity index is 2.38. The molecule has 1 aliphatic rings. The van der Waals surface area contributed by atoms with Crippen molar-refractivity contribution in [2.24, 2.45) is 17.3 Å². The van der Waals surface area contributed by atoms with E-state index in [9.17, 15) is 4.79 Å². The van der Waals surface area contributed by atoms with Gasteiger partial charge in [-0.05, 0) is 69.7 Å². The number of hydrogen-bond acceptors (Lipinski definition) is 2.